The van der Waals surface area contributed by atoms with Gasteiger partial charge in [-0.3, -0.25) is 9.78 Å². The van der Waals surface area contributed by atoms with E-state index < -0.39 is 0 Å². The molecule has 0 saturated heterocycles. The van der Waals surface area contributed by atoms with Crippen molar-refractivity contribution in [1.29, 1.82) is 0 Å². The predicted octanol–water partition coefficient (Wildman–Crippen LogP) is 2.25. The first-order chi connectivity index (χ1) is 10.6. The van der Waals surface area contributed by atoms with E-state index in [1.807, 2.05) is 14.0 Å². The highest BCUT2D eigenvalue weighted by atomic mass is 16.1. The number of nitrogens with zero attached hydrogens (tertiary/aromatic N) is 3. The molecule has 1 amide bonds. The second kappa shape index (κ2) is 5.97. The lowest BCUT2D eigenvalue weighted by Gasteiger charge is -2.05. The second-order valence-corrected chi connectivity index (χ2v) is 5.26. The van der Waals surface area contributed by atoms with Crippen molar-refractivity contribution in [2.45, 2.75) is 13.3 Å². The van der Waals surface area contributed by atoms with Crippen molar-refractivity contribution in [3.63, 3.8) is 0 Å². The number of aromatic nitrogens is 3. The number of amides is 1. The van der Waals surface area contributed by atoms with Crippen LogP contribution in [0.5, 0.6) is 0 Å². The molecule has 0 spiro atoms. The van der Waals surface area contributed by atoms with E-state index in [0.717, 1.165) is 28.8 Å². The Hall–Kier alpha value is -2.69. The van der Waals surface area contributed by atoms with Gasteiger partial charge in [0.15, 0.2) is 0 Å². The Morgan fingerprint density at radius 2 is 2.14 bits per heavy atom. The molecule has 0 saturated carbocycles. The molecule has 0 aliphatic heterocycles. The topological polar surface area (TPSA) is 59.8 Å². The Balaban J connectivity index is 1.63. The molecule has 1 aromatic carbocycles. The van der Waals surface area contributed by atoms with Gasteiger partial charge in [-0.15, -0.1) is 0 Å². The number of fused-ring (bicyclic) bond motifs is 1. The van der Waals surface area contributed by atoms with Gasteiger partial charge in [-0.25, -0.2) is 4.98 Å². The first kappa shape index (κ1) is 14.3. The van der Waals surface area contributed by atoms with Crippen molar-refractivity contribution in [3.8, 4) is 0 Å². The third kappa shape index (κ3) is 2.83. The number of hydrogen-bond donors (Lipinski definition) is 1. The molecule has 1 N–H and O–H groups in total. The van der Waals surface area contributed by atoms with Gasteiger partial charge in [0.1, 0.15) is 11.5 Å². The molecular weight excluding hydrogens is 276 g/mol. The van der Waals surface area contributed by atoms with Crippen molar-refractivity contribution in [1.82, 2.24) is 19.9 Å². The number of aryl methyl sites for hydroxylation is 2. The number of carbonyl (C=O) groups excluding carboxylic acids is 1. The van der Waals surface area contributed by atoms with Gasteiger partial charge in [-0.05, 0) is 43.2 Å². The summed E-state index contributed by atoms with van der Waals surface area (Å²) in [6, 6.07) is 11.5. The number of pyridine rings is 1. The Kier molecular flexibility index (Phi) is 3.87. The maximum Gasteiger partial charge on any atom is 0.269 e. The molecule has 3 rings (SSSR count). The fraction of sp³-hybridized carbons (Fsp3) is 0.235. The van der Waals surface area contributed by atoms with Crippen LogP contribution in [0, 0.1) is 6.92 Å². The van der Waals surface area contributed by atoms with Gasteiger partial charge in [-0.1, -0.05) is 12.1 Å². The SMILES string of the molecule is Cc1nc2cc(CCNC(=O)c3ccccn3)ccc2n1C. The van der Waals surface area contributed by atoms with Crippen molar-refractivity contribution in [2.75, 3.05) is 6.54 Å². The molecule has 0 aliphatic carbocycles. The van der Waals surface area contributed by atoms with Crippen LogP contribution in [0.25, 0.3) is 11.0 Å². The molecule has 5 heteroatoms. The molecule has 112 valence electrons. The Bertz CT molecular complexity index is 808. The van der Waals surface area contributed by atoms with Crippen molar-refractivity contribution in [2.24, 2.45) is 7.05 Å². The minimum absolute atomic E-state index is 0.143. The smallest absolute Gasteiger partial charge is 0.269 e. The van der Waals surface area contributed by atoms with Crippen LogP contribution in [-0.2, 0) is 13.5 Å². The summed E-state index contributed by atoms with van der Waals surface area (Å²) in [5.74, 6) is 0.853. The number of benzene rings is 1. The Morgan fingerprint density at radius 1 is 1.27 bits per heavy atom. The zero-order valence-corrected chi connectivity index (χ0v) is 12.7. The molecule has 5 nitrogen and oxygen atoms in total. The highest BCUT2D eigenvalue weighted by Crippen LogP contribution is 2.16. The molecule has 22 heavy (non-hydrogen) atoms. The predicted molar refractivity (Wildman–Crippen MR) is 85.7 cm³/mol. The Morgan fingerprint density at radius 3 is 2.91 bits per heavy atom. The maximum absolute atomic E-state index is 11.9. The van der Waals surface area contributed by atoms with Crippen molar-refractivity contribution < 1.29 is 4.79 Å². The van der Waals surface area contributed by atoms with Crippen LogP contribution in [0.3, 0.4) is 0 Å². The monoisotopic (exact) mass is 294 g/mol. The number of imidazole rings is 1. The Labute approximate surface area is 129 Å². The number of carbonyl (C=O) groups is 1. The first-order valence-electron chi connectivity index (χ1n) is 7.26. The molecule has 0 unspecified atom stereocenters. The molecule has 2 aromatic heterocycles. The van der Waals surface area contributed by atoms with Gasteiger partial charge in [0, 0.05) is 19.8 Å². The average molecular weight is 294 g/mol. The third-order valence-electron chi connectivity index (χ3n) is 3.77. The van der Waals surface area contributed by atoms with Crippen molar-refractivity contribution in [3.05, 3.63) is 59.7 Å². The molecule has 0 aliphatic rings. The number of hydrogen-bond acceptors (Lipinski definition) is 3. The van der Waals surface area contributed by atoms with Gasteiger partial charge in [0.25, 0.3) is 5.91 Å². The van der Waals surface area contributed by atoms with E-state index in [-0.39, 0.29) is 5.91 Å². The molecule has 0 fully saturated rings. The van der Waals surface area contributed by atoms with Gasteiger partial charge < -0.3 is 9.88 Å². The summed E-state index contributed by atoms with van der Waals surface area (Å²) in [4.78, 5) is 20.5. The van der Waals surface area contributed by atoms with E-state index in [4.69, 9.17) is 0 Å². The van der Waals surface area contributed by atoms with E-state index >= 15 is 0 Å². The van der Waals surface area contributed by atoms with E-state index in [1.165, 1.54) is 0 Å². The van der Waals surface area contributed by atoms with Gasteiger partial charge in [-0.2, -0.15) is 0 Å². The van der Waals surface area contributed by atoms with Crippen LogP contribution in [0.4, 0.5) is 0 Å². The minimum Gasteiger partial charge on any atom is -0.350 e. The summed E-state index contributed by atoms with van der Waals surface area (Å²) in [6.07, 6.45) is 2.39. The third-order valence-corrected chi connectivity index (χ3v) is 3.77. The standard InChI is InChI=1S/C17H18N4O/c1-12-20-15-11-13(6-7-16(15)21(12)2)8-10-19-17(22)14-5-3-4-9-18-14/h3-7,9,11H,8,10H2,1-2H3,(H,19,22). The summed E-state index contributed by atoms with van der Waals surface area (Å²) in [5, 5.41) is 2.89. The van der Waals surface area contributed by atoms with Gasteiger partial charge in [0.2, 0.25) is 0 Å². The van der Waals surface area contributed by atoms with Crippen LogP contribution in [-0.4, -0.2) is 27.0 Å². The lowest BCUT2D eigenvalue weighted by atomic mass is 10.1. The fourth-order valence-electron chi connectivity index (χ4n) is 2.43. The fourth-order valence-corrected chi connectivity index (χ4v) is 2.43. The summed E-state index contributed by atoms with van der Waals surface area (Å²) in [7, 11) is 2.01. The summed E-state index contributed by atoms with van der Waals surface area (Å²) in [6.45, 7) is 2.57. The molecule has 0 atom stereocenters. The van der Waals surface area contributed by atoms with Crippen molar-refractivity contribution >= 4 is 16.9 Å². The van der Waals surface area contributed by atoms with E-state index in [0.29, 0.717) is 12.2 Å². The minimum atomic E-state index is -0.143. The molecular formula is C17H18N4O. The highest BCUT2D eigenvalue weighted by molar-refractivity contribution is 5.92. The van der Waals surface area contributed by atoms with Crippen LogP contribution in [0.2, 0.25) is 0 Å². The average Bonchev–Trinajstić information content (AvgIpc) is 2.82. The van der Waals surface area contributed by atoms with E-state index in [2.05, 4.69) is 38.1 Å². The van der Waals surface area contributed by atoms with Crippen LogP contribution >= 0.6 is 0 Å². The quantitative estimate of drug-likeness (QED) is 0.803. The van der Waals surface area contributed by atoms with E-state index in [9.17, 15) is 4.79 Å². The van der Waals surface area contributed by atoms with Crippen LogP contribution < -0.4 is 5.32 Å². The second-order valence-electron chi connectivity index (χ2n) is 5.26. The molecule has 2 heterocycles. The van der Waals surface area contributed by atoms with Gasteiger partial charge >= 0.3 is 0 Å². The van der Waals surface area contributed by atoms with Gasteiger partial charge in [0.05, 0.1) is 11.0 Å². The lowest BCUT2D eigenvalue weighted by molar-refractivity contribution is 0.0949. The summed E-state index contributed by atoms with van der Waals surface area (Å²) in [5.41, 5.74) is 3.72. The lowest BCUT2D eigenvalue weighted by Crippen LogP contribution is -2.26. The first-order valence-corrected chi connectivity index (χ1v) is 7.26. The number of rotatable bonds is 4. The highest BCUT2D eigenvalue weighted by Gasteiger charge is 2.07. The van der Waals surface area contributed by atoms with Crippen LogP contribution in [0.1, 0.15) is 21.9 Å². The number of nitrogens with one attached hydrogen (secondary N) is 1. The van der Waals surface area contributed by atoms with Crippen LogP contribution in [0.15, 0.2) is 42.6 Å². The van der Waals surface area contributed by atoms with E-state index in [1.54, 1.807) is 24.4 Å². The largest absolute Gasteiger partial charge is 0.350 e. The molecule has 0 bridgehead atoms. The molecule has 0 radical (unpaired) electrons. The maximum atomic E-state index is 11.9. The summed E-state index contributed by atoms with van der Waals surface area (Å²) < 4.78 is 2.07. The molecule has 3 aromatic rings. The summed E-state index contributed by atoms with van der Waals surface area (Å²) >= 11 is 0. The zero-order chi connectivity index (χ0) is 15.5. The zero-order valence-electron chi connectivity index (χ0n) is 12.7. The normalized spacial score (nSPS) is 10.8.